The summed E-state index contributed by atoms with van der Waals surface area (Å²) in [5.41, 5.74) is -4.55. The van der Waals surface area contributed by atoms with Crippen molar-refractivity contribution in [2.45, 2.75) is 37.8 Å². The minimum atomic E-state index is -4.86. The number of hydrogen-bond acceptors (Lipinski definition) is 5. The smallest absolute Gasteiger partial charge is 0.306 e. The summed E-state index contributed by atoms with van der Waals surface area (Å²) in [6, 6.07) is 0.903. The van der Waals surface area contributed by atoms with Crippen LogP contribution in [0, 0.1) is 0 Å². The lowest BCUT2D eigenvalue weighted by Crippen LogP contribution is -2.46. The van der Waals surface area contributed by atoms with Crippen LogP contribution in [0.2, 0.25) is 0 Å². The first-order chi connectivity index (χ1) is 15.4. The normalized spacial score (nSPS) is 18.4. The maximum atomic E-state index is 14.1. The van der Waals surface area contributed by atoms with Crippen LogP contribution in [-0.4, -0.2) is 50.0 Å². The highest BCUT2D eigenvalue weighted by Crippen LogP contribution is 2.49. The van der Waals surface area contributed by atoms with Gasteiger partial charge in [0, 0.05) is 12.6 Å². The van der Waals surface area contributed by atoms with Crippen molar-refractivity contribution in [3.05, 3.63) is 41.6 Å². The van der Waals surface area contributed by atoms with Crippen LogP contribution in [0.5, 0.6) is 0 Å². The molecule has 0 saturated carbocycles. The monoisotopic (exact) mass is 477 g/mol. The summed E-state index contributed by atoms with van der Waals surface area (Å²) < 4.78 is 94.4. The first-order valence-corrected chi connectivity index (χ1v) is 9.33. The summed E-state index contributed by atoms with van der Waals surface area (Å²) in [7, 11) is 0. The zero-order chi connectivity index (χ0) is 24.1. The number of carbonyl (C=O) groups excluding carboxylic acids is 1. The molecule has 0 aliphatic carbocycles. The number of nitrogens with one attached hydrogen (secondary N) is 1. The number of hydrogen-bond donors (Lipinski definition) is 1. The topological polar surface area (TPSA) is 88.3 Å². The van der Waals surface area contributed by atoms with Gasteiger partial charge in [0.25, 0.3) is 6.43 Å². The molecule has 0 bridgehead atoms. The van der Waals surface area contributed by atoms with Crippen LogP contribution in [0.4, 0.5) is 46.9 Å². The number of carbonyl (C=O) groups is 1. The van der Waals surface area contributed by atoms with Crippen LogP contribution in [-0.2, 0) is 11.8 Å². The van der Waals surface area contributed by atoms with Gasteiger partial charge in [-0.25, -0.2) is 31.9 Å². The second-order valence-electron chi connectivity index (χ2n) is 7.51. The molecule has 0 spiro atoms. The first kappa shape index (κ1) is 22.7. The number of nitrogens with zero attached hydrogens (tertiary/aromatic N) is 6. The van der Waals surface area contributed by atoms with Crippen molar-refractivity contribution in [2.24, 2.45) is 0 Å². The molecule has 1 aliphatic rings. The van der Waals surface area contributed by atoms with E-state index in [2.05, 4.69) is 25.6 Å². The van der Waals surface area contributed by atoms with Crippen LogP contribution in [0.15, 0.2) is 24.5 Å². The van der Waals surface area contributed by atoms with Gasteiger partial charge >= 0.3 is 12.2 Å². The van der Waals surface area contributed by atoms with Crippen molar-refractivity contribution < 1.29 is 35.5 Å². The minimum absolute atomic E-state index is 0.0953. The summed E-state index contributed by atoms with van der Waals surface area (Å²) in [4.78, 5) is 17.5. The van der Waals surface area contributed by atoms with Gasteiger partial charge in [0.15, 0.2) is 5.65 Å². The van der Waals surface area contributed by atoms with Gasteiger partial charge in [-0.1, -0.05) is 0 Å². The second kappa shape index (κ2) is 7.81. The van der Waals surface area contributed by atoms with Gasteiger partial charge < -0.3 is 5.32 Å². The summed E-state index contributed by atoms with van der Waals surface area (Å²) in [5.74, 6) is 0. The maximum absolute atomic E-state index is 14.1. The third-order valence-corrected chi connectivity index (χ3v) is 5.18. The van der Waals surface area contributed by atoms with Crippen LogP contribution in [0.3, 0.4) is 0 Å². The number of anilines is 2. The molecule has 0 saturated heterocycles. The highest BCUT2D eigenvalue weighted by Gasteiger charge is 2.60. The molecule has 3 aromatic rings. The molecule has 1 aliphatic heterocycles. The first-order valence-electron chi connectivity index (χ1n) is 9.33. The van der Waals surface area contributed by atoms with E-state index in [-0.39, 0.29) is 22.7 Å². The fourth-order valence-electron chi connectivity index (χ4n) is 3.57. The Hall–Kier alpha value is -3.52. The Morgan fingerprint density at radius 2 is 1.94 bits per heavy atom. The van der Waals surface area contributed by atoms with Crippen molar-refractivity contribution in [1.82, 2.24) is 24.8 Å². The Kier molecular flexibility index (Phi) is 5.36. The summed E-state index contributed by atoms with van der Waals surface area (Å²) in [6.45, 7) is -0.0430. The molecule has 15 heteroatoms. The third-order valence-electron chi connectivity index (χ3n) is 5.18. The molecule has 4 rings (SSSR count). The number of amides is 2. The summed E-state index contributed by atoms with van der Waals surface area (Å²) >= 11 is 0. The SMILES string of the molecule is CC1(C(F)(F)F)CN(C(=O)Nc2cnnc(C(F)F)c2)c2cnc3cc(CC(F)F)nn3c21. The minimum Gasteiger partial charge on any atom is -0.306 e. The fraction of sp³-hybridized carbons (Fsp3) is 0.389. The summed E-state index contributed by atoms with van der Waals surface area (Å²) in [5, 5.41) is 12.6. The van der Waals surface area contributed by atoms with Crippen LogP contribution in [0.1, 0.15) is 30.4 Å². The van der Waals surface area contributed by atoms with E-state index in [1.165, 1.54) is 0 Å². The van der Waals surface area contributed by atoms with Crippen LogP contribution < -0.4 is 10.2 Å². The predicted octanol–water partition coefficient (Wildman–Crippen LogP) is 4.14. The van der Waals surface area contributed by atoms with Gasteiger partial charge in [-0.05, 0) is 13.0 Å². The van der Waals surface area contributed by atoms with E-state index in [1.807, 2.05) is 0 Å². The van der Waals surface area contributed by atoms with Crippen molar-refractivity contribution in [3.63, 3.8) is 0 Å². The molecule has 176 valence electrons. The molecule has 1 atom stereocenters. The largest absolute Gasteiger partial charge is 0.401 e. The number of urea groups is 1. The quantitative estimate of drug-likeness (QED) is 0.571. The van der Waals surface area contributed by atoms with Crippen LogP contribution >= 0.6 is 0 Å². The molecule has 0 radical (unpaired) electrons. The van der Waals surface area contributed by atoms with Gasteiger partial charge in [-0.2, -0.15) is 23.4 Å². The average molecular weight is 477 g/mol. The maximum Gasteiger partial charge on any atom is 0.401 e. The number of rotatable bonds is 4. The van der Waals surface area contributed by atoms with Crippen molar-refractivity contribution >= 4 is 23.1 Å². The number of fused-ring (bicyclic) bond motifs is 3. The van der Waals surface area contributed by atoms with Crippen LogP contribution in [0.25, 0.3) is 5.65 Å². The Bertz CT molecular complexity index is 1210. The van der Waals surface area contributed by atoms with Gasteiger partial charge in [0.05, 0.1) is 41.6 Å². The lowest BCUT2D eigenvalue weighted by atomic mass is 9.88. The molecule has 3 aromatic heterocycles. The van der Waals surface area contributed by atoms with E-state index in [0.717, 1.165) is 40.9 Å². The lowest BCUT2D eigenvalue weighted by molar-refractivity contribution is -0.181. The Balaban J connectivity index is 1.77. The van der Waals surface area contributed by atoms with Gasteiger partial charge in [-0.3, -0.25) is 4.90 Å². The van der Waals surface area contributed by atoms with E-state index in [4.69, 9.17) is 0 Å². The molecule has 4 heterocycles. The van der Waals surface area contributed by atoms with E-state index in [1.54, 1.807) is 0 Å². The zero-order valence-electron chi connectivity index (χ0n) is 16.6. The molecule has 0 aromatic carbocycles. The molecule has 1 unspecified atom stereocenters. The highest BCUT2D eigenvalue weighted by molar-refractivity contribution is 6.03. The third kappa shape index (κ3) is 3.91. The highest BCUT2D eigenvalue weighted by atomic mass is 19.4. The van der Waals surface area contributed by atoms with Gasteiger partial charge in [-0.15, -0.1) is 5.10 Å². The molecular weight excluding hydrogens is 463 g/mol. The molecule has 33 heavy (non-hydrogen) atoms. The summed E-state index contributed by atoms with van der Waals surface area (Å²) in [6.07, 6.45) is -9.44. The number of halogens is 7. The van der Waals surface area contributed by atoms with E-state index in [0.29, 0.717) is 0 Å². The molecule has 2 amide bonds. The fourth-order valence-corrected chi connectivity index (χ4v) is 3.57. The standard InChI is InChI=1S/C18H14F7N7O/c1-17(18(23,24)25)7-31(16(33)28-9-2-10(15(21)22)29-27-5-9)11-6-26-13-4-8(3-12(19)20)30-32(13)14(11)17/h2,4-6,12,15H,3,7H2,1H3,(H,28,29,33). The van der Waals surface area contributed by atoms with Crippen molar-refractivity contribution in [1.29, 1.82) is 0 Å². The van der Waals surface area contributed by atoms with Crippen molar-refractivity contribution in [3.8, 4) is 0 Å². The number of aromatic nitrogens is 5. The Morgan fingerprint density at radius 1 is 1.21 bits per heavy atom. The number of alkyl halides is 7. The van der Waals surface area contributed by atoms with Crippen molar-refractivity contribution in [2.75, 3.05) is 16.8 Å². The second-order valence-corrected chi connectivity index (χ2v) is 7.51. The van der Waals surface area contributed by atoms with E-state index >= 15 is 0 Å². The molecule has 0 fully saturated rings. The van der Waals surface area contributed by atoms with Gasteiger partial charge in [0.1, 0.15) is 11.1 Å². The molecule has 8 nitrogen and oxygen atoms in total. The zero-order valence-corrected chi connectivity index (χ0v) is 16.6. The van der Waals surface area contributed by atoms with Gasteiger partial charge in [0.2, 0.25) is 6.43 Å². The lowest BCUT2D eigenvalue weighted by Gasteiger charge is -2.28. The van der Waals surface area contributed by atoms with E-state index < -0.39 is 54.8 Å². The average Bonchev–Trinajstić information content (AvgIpc) is 3.25. The Morgan fingerprint density at radius 3 is 2.58 bits per heavy atom. The molecular formula is C18H14F7N7O. The predicted molar refractivity (Wildman–Crippen MR) is 99.5 cm³/mol. The van der Waals surface area contributed by atoms with E-state index in [9.17, 15) is 35.5 Å². The Labute approximate surface area is 180 Å². The molecule has 1 N–H and O–H groups in total.